The first-order valence-corrected chi connectivity index (χ1v) is 14.9. The second-order valence-corrected chi connectivity index (χ2v) is 13.3. The molecule has 0 amide bonds. The molecule has 212 valence electrons. The Bertz CT molecular complexity index is 1450. The number of piperidine rings is 1. The second-order valence-electron chi connectivity index (χ2n) is 11.1. The van der Waals surface area contributed by atoms with Gasteiger partial charge in [-0.2, -0.15) is 18.3 Å². The summed E-state index contributed by atoms with van der Waals surface area (Å²) in [5.74, 6) is 0.0850. The molecule has 1 aromatic carbocycles. The van der Waals surface area contributed by atoms with Crippen molar-refractivity contribution in [2.75, 3.05) is 24.2 Å². The molecule has 3 heterocycles. The summed E-state index contributed by atoms with van der Waals surface area (Å²) in [6.07, 6.45) is 0.0119. The van der Waals surface area contributed by atoms with Crippen molar-refractivity contribution in [3.8, 4) is 16.9 Å². The summed E-state index contributed by atoms with van der Waals surface area (Å²) in [7, 11) is 2.99. The number of aromatic nitrogens is 4. The van der Waals surface area contributed by atoms with Crippen molar-refractivity contribution in [1.29, 1.82) is 0 Å². The Hall–Kier alpha value is -2.84. The number of hydrogen-bond donors (Lipinski definition) is 2. The van der Waals surface area contributed by atoms with Gasteiger partial charge in [0.1, 0.15) is 29.1 Å². The average molecular weight is 573 g/mol. The molecule has 0 aliphatic carbocycles. The zero-order chi connectivity index (χ0) is 29.3. The van der Waals surface area contributed by atoms with Crippen LogP contribution in [0.5, 0.6) is 0 Å². The van der Waals surface area contributed by atoms with Gasteiger partial charge in [-0.1, -0.05) is 17.4 Å². The topological polar surface area (TPSA) is 105 Å². The normalized spacial score (nSPS) is 15.8. The van der Waals surface area contributed by atoms with Crippen molar-refractivity contribution < 1.29 is 21.6 Å². The van der Waals surface area contributed by atoms with E-state index in [0.29, 0.717) is 32.5 Å². The molecule has 1 aliphatic rings. The molecule has 0 saturated carbocycles. The first-order chi connectivity index (χ1) is 18.7. The highest BCUT2D eigenvalue weighted by atomic mass is 32.2. The lowest BCUT2D eigenvalue weighted by atomic mass is 9.49. The molecule has 3 aromatic rings. The summed E-state index contributed by atoms with van der Waals surface area (Å²) in [4.78, 5) is 8.17. The molecule has 4 rings (SSSR count). The van der Waals surface area contributed by atoms with Crippen LogP contribution in [0.2, 0.25) is 0 Å². The summed E-state index contributed by atoms with van der Waals surface area (Å²) in [5.41, 5.74) is 1.75. The third-order valence-corrected chi connectivity index (χ3v) is 8.71. The van der Waals surface area contributed by atoms with E-state index >= 15 is 0 Å². The van der Waals surface area contributed by atoms with Crippen molar-refractivity contribution in [3.63, 3.8) is 0 Å². The summed E-state index contributed by atoms with van der Waals surface area (Å²) < 4.78 is 69.0. The van der Waals surface area contributed by atoms with Crippen LogP contribution in [0.25, 0.3) is 16.9 Å². The van der Waals surface area contributed by atoms with Crippen molar-refractivity contribution in [3.05, 3.63) is 53.5 Å². The molecule has 0 spiro atoms. The highest BCUT2D eigenvalue weighted by Crippen LogP contribution is 2.36. The SMILES string of the molecule is BC(B)(B)NCc1ccc(-n2cc(-c3nc(NC4CCN(S(=O)(=O)CC)CC4)ncc3C(F)(F)F)cn2)c(C)c1. The molecule has 0 bridgehead atoms. The van der Waals surface area contributed by atoms with Crippen LogP contribution in [0.4, 0.5) is 19.1 Å². The molecule has 0 radical (unpaired) electrons. The Morgan fingerprint density at radius 1 is 1.12 bits per heavy atom. The van der Waals surface area contributed by atoms with Gasteiger partial charge in [-0.05, 0) is 43.9 Å². The van der Waals surface area contributed by atoms with Gasteiger partial charge in [0.2, 0.25) is 16.0 Å². The van der Waals surface area contributed by atoms with E-state index in [0.717, 1.165) is 23.0 Å². The molecule has 1 aliphatic heterocycles. The van der Waals surface area contributed by atoms with Gasteiger partial charge in [0.05, 0.1) is 23.3 Å². The van der Waals surface area contributed by atoms with Crippen LogP contribution in [0.15, 0.2) is 36.8 Å². The van der Waals surface area contributed by atoms with Gasteiger partial charge in [0.15, 0.2) is 0 Å². The summed E-state index contributed by atoms with van der Waals surface area (Å²) in [5, 5.41) is 10.8. The van der Waals surface area contributed by atoms with Crippen LogP contribution in [0, 0.1) is 6.92 Å². The summed E-state index contributed by atoms with van der Waals surface area (Å²) in [6.45, 7) is 4.88. The molecule has 0 atom stereocenters. The van der Waals surface area contributed by atoms with Crippen molar-refractivity contribution >= 4 is 39.5 Å². The summed E-state index contributed by atoms with van der Waals surface area (Å²) in [6, 6.07) is 5.73. The summed E-state index contributed by atoms with van der Waals surface area (Å²) >= 11 is 0. The van der Waals surface area contributed by atoms with E-state index < -0.39 is 21.8 Å². The lowest BCUT2D eigenvalue weighted by Gasteiger charge is -2.31. The van der Waals surface area contributed by atoms with Gasteiger partial charge >= 0.3 is 6.18 Å². The van der Waals surface area contributed by atoms with Gasteiger partial charge in [0, 0.05) is 43.6 Å². The fraction of sp³-hybridized carbons (Fsp3) is 0.458. The molecule has 40 heavy (non-hydrogen) atoms. The predicted molar refractivity (Wildman–Crippen MR) is 157 cm³/mol. The Balaban J connectivity index is 1.56. The molecule has 0 unspecified atom stereocenters. The minimum absolute atomic E-state index is 0.0298. The van der Waals surface area contributed by atoms with Crippen LogP contribution in [0.1, 0.15) is 36.5 Å². The minimum Gasteiger partial charge on any atom is -0.351 e. The zero-order valence-corrected chi connectivity index (χ0v) is 24.2. The zero-order valence-electron chi connectivity index (χ0n) is 23.4. The Kier molecular flexibility index (Phi) is 8.72. The maximum atomic E-state index is 13.9. The third-order valence-electron chi connectivity index (χ3n) is 6.83. The molecular formula is C24H33B3F3N7O2S. The van der Waals surface area contributed by atoms with E-state index in [-0.39, 0.29) is 34.2 Å². The number of alkyl halides is 3. The molecule has 16 heteroatoms. The molecule has 2 aromatic heterocycles. The lowest BCUT2D eigenvalue weighted by Crippen LogP contribution is -2.46. The highest BCUT2D eigenvalue weighted by Gasteiger charge is 2.36. The van der Waals surface area contributed by atoms with Crippen LogP contribution < -0.4 is 10.6 Å². The van der Waals surface area contributed by atoms with E-state index in [9.17, 15) is 21.6 Å². The standard InChI is InChI=1S/C24H33B3F3N7O2S/c1-3-40(38,39)36-8-6-18(7-9-36)34-22-31-13-19(23(28,29)30)21(35-22)17-12-33-37(14-17)20-5-4-16(10-15(20)2)11-32-24(25,26)27/h4-5,10,12-14,18,32H,3,6-9,11,25-27H2,1-2H3,(H,31,34,35). The maximum absolute atomic E-state index is 13.9. The van der Waals surface area contributed by atoms with Crippen LogP contribution >= 0.6 is 0 Å². The van der Waals surface area contributed by atoms with Gasteiger partial charge in [-0.25, -0.2) is 27.4 Å². The number of nitrogens with one attached hydrogen (secondary N) is 2. The Morgan fingerprint density at radius 3 is 2.42 bits per heavy atom. The smallest absolute Gasteiger partial charge is 0.351 e. The van der Waals surface area contributed by atoms with E-state index in [1.165, 1.54) is 16.7 Å². The van der Waals surface area contributed by atoms with E-state index in [4.69, 9.17) is 0 Å². The van der Waals surface area contributed by atoms with Crippen LogP contribution in [0.3, 0.4) is 0 Å². The number of hydrogen-bond acceptors (Lipinski definition) is 7. The number of rotatable bonds is 9. The maximum Gasteiger partial charge on any atom is 0.419 e. The molecule has 9 nitrogen and oxygen atoms in total. The Labute approximate surface area is 235 Å². The van der Waals surface area contributed by atoms with E-state index in [2.05, 4.69) is 49.2 Å². The van der Waals surface area contributed by atoms with E-state index in [1.807, 2.05) is 25.1 Å². The predicted octanol–water partition coefficient (Wildman–Crippen LogP) is 0.483. The van der Waals surface area contributed by atoms with Gasteiger partial charge < -0.3 is 10.6 Å². The number of halogens is 3. The van der Waals surface area contributed by atoms with Crippen LogP contribution in [-0.4, -0.2) is 86.1 Å². The van der Waals surface area contributed by atoms with Crippen LogP contribution in [-0.2, 0) is 22.7 Å². The first-order valence-electron chi connectivity index (χ1n) is 13.2. The molecule has 1 fully saturated rings. The van der Waals surface area contributed by atoms with Gasteiger partial charge in [0.25, 0.3) is 0 Å². The first kappa shape index (κ1) is 30.1. The molecule has 1 saturated heterocycles. The largest absolute Gasteiger partial charge is 0.419 e. The van der Waals surface area contributed by atoms with Crippen molar-refractivity contribution in [2.24, 2.45) is 0 Å². The fourth-order valence-electron chi connectivity index (χ4n) is 4.55. The number of anilines is 1. The fourth-order valence-corrected chi connectivity index (χ4v) is 5.68. The van der Waals surface area contributed by atoms with Crippen molar-refractivity contribution in [2.45, 2.75) is 50.7 Å². The number of sulfonamides is 1. The number of aryl methyl sites for hydroxylation is 1. The van der Waals surface area contributed by atoms with Gasteiger partial charge in [-0.15, -0.1) is 0 Å². The van der Waals surface area contributed by atoms with Crippen molar-refractivity contribution in [1.82, 2.24) is 29.4 Å². The lowest BCUT2D eigenvalue weighted by molar-refractivity contribution is -0.137. The number of nitrogens with zero attached hydrogens (tertiary/aromatic N) is 5. The minimum atomic E-state index is -4.66. The average Bonchev–Trinajstić information content (AvgIpc) is 3.37. The van der Waals surface area contributed by atoms with E-state index in [1.54, 1.807) is 11.6 Å². The number of benzene rings is 1. The van der Waals surface area contributed by atoms with Gasteiger partial charge in [-0.3, -0.25) is 0 Å². The molecule has 2 N–H and O–H groups in total. The molecular weight excluding hydrogens is 540 g/mol. The quantitative estimate of drug-likeness (QED) is 0.360. The monoisotopic (exact) mass is 573 g/mol. The highest BCUT2D eigenvalue weighted by molar-refractivity contribution is 7.89. The Morgan fingerprint density at radius 2 is 1.82 bits per heavy atom. The second kappa shape index (κ2) is 11.6. The third kappa shape index (κ3) is 7.27.